The van der Waals surface area contributed by atoms with Gasteiger partial charge in [-0.15, -0.1) is 0 Å². The lowest BCUT2D eigenvalue weighted by atomic mass is 10.2. The number of hydrogen-bond acceptors (Lipinski definition) is 3. The smallest absolute Gasteiger partial charge is 0.312 e. The molecule has 4 N–H and O–H groups in total. The molecule has 0 saturated carbocycles. The van der Waals surface area contributed by atoms with Crippen molar-refractivity contribution in [1.82, 2.24) is 0 Å². The fourth-order valence-electron chi connectivity index (χ4n) is 0.355. The van der Waals surface area contributed by atoms with Gasteiger partial charge in [0, 0.05) is 0 Å². The van der Waals surface area contributed by atoms with Gasteiger partial charge >= 0.3 is 5.97 Å². The van der Waals surface area contributed by atoms with E-state index in [2.05, 4.69) is 0 Å². The molecule has 1 unspecified atom stereocenters. The molecule has 9 heavy (non-hydrogen) atoms. The van der Waals surface area contributed by atoms with Gasteiger partial charge < -0.3 is 15.9 Å². The molecule has 52 valence electrons. The fraction of sp³-hybridized carbons (Fsp3) is 0.400. The van der Waals surface area contributed by atoms with Gasteiger partial charge in [-0.1, -0.05) is 6.08 Å². The van der Waals surface area contributed by atoms with Crippen molar-refractivity contribution in [1.29, 1.82) is 0 Å². The lowest BCUT2D eigenvalue weighted by molar-refractivity contribution is -0.141. The van der Waals surface area contributed by atoms with E-state index in [1.165, 1.54) is 6.08 Å². The Hall–Kier alpha value is -1.03. The molecule has 0 heterocycles. The van der Waals surface area contributed by atoms with Gasteiger partial charge in [0.15, 0.2) is 0 Å². The van der Waals surface area contributed by atoms with Crippen LogP contribution in [0.3, 0.4) is 0 Å². The number of aliphatic hydroxyl groups is 1. The molecule has 0 radical (unpaired) electrons. The van der Waals surface area contributed by atoms with E-state index in [1.807, 2.05) is 0 Å². The lowest BCUT2D eigenvalue weighted by Crippen LogP contribution is -2.15. The highest BCUT2D eigenvalue weighted by atomic mass is 16.4. The van der Waals surface area contributed by atoms with Crippen molar-refractivity contribution in [2.45, 2.75) is 0 Å². The third-order valence-electron chi connectivity index (χ3n) is 0.857. The second kappa shape index (κ2) is 3.91. The standard InChI is InChI=1S/C5H9NO3/c6-2-1-4(3-7)5(8)9/h1-2,4,7H,3,6H2,(H,8,9)/b2-1+. The second-order valence-electron chi connectivity index (χ2n) is 1.51. The number of hydrogen-bond donors (Lipinski definition) is 3. The lowest BCUT2D eigenvalue weighted by Gasteiger charge is -1.99. The molecule has 0 rings (SSSR count). The highest BCUT2D eigenvalue weighted by Gasteiger charge is 2.10. The average molecular weight is 131 g/mol. The molecule has 0 bridgehead atoms. The topological polar surface area (TPSA) is 83.5 Å². The van der Waals surface area contributed by atoms with Crippen molar-refractivity contribution in [3.8, 4) is 0 Å². The zero-order valence-electron chi connectivity index (χ0n) is 4.82. The van der Waals surface area contributed by atoms with Crippen LogP contribution in [0.1, 0.15) is 0 Å². The first-order chi connectivity index (χ1) is 4.22. The third-order valence-corrected chi connectivity index (χ3v) is 0.857. The first kappa shape index (κ1) is 7.97. The van der Waals surface area contributed by atoms with Crippen LogP contribution in [0.4, 0.5) is 0 Å². The van der Waals surface area contributed by atoms with E-state index < -0.39 is 18.5 Å². The molecule has 4 heteroatoms. The molecule has 0 saturated heterocycles. The molecule has 0 aromatic rings. The maximum atomic E-state index is 10.1. The minimum atomic E-state index is -1.07. The summed E-state index contributed by atoms with van der Waals surface area (Å²) in [5.41, 5.74) is 4.89. The fourth-order valence-corrected chi connectivity index (χ4v) is 0.355. The summed E-state index contributed by atoms with van der Waals surface area (Å²) < 4.78 is 0. The van der Waals surface area contributed by atoms with Crippen molar-refractivity contribution < 1.29 is 15.0 Å². The van der Waals surface area contributed by atoms with Gasteiger partial charge in [0.1, 0.15) is 0 Å². The molecule has 0 aromatic carbocycles. The summed E-state index contributed by atoms with van der Waals surface area (Å²) in [5, 5.41) is 16.6. The average Bonchev–Trinajstić information content (AvgIpc) is 1.82. The van der Waals surface area contributed by atoms with Crippen LogP contribution < -0.4 is 5.73 Å². The third kappa shape index (κ3) is 2.71. The number of aliphatic carboxylic acids is 1. The quantitative estimate of drug-likeness (QED) is 0.466. The SMILES string of the molecule is N/C=C/C(CO)C(=O)O. The summed E-state index contributed by atoms with van der Waals surface area (Å²) in [6, 6.07) is 0. The second-order valence-corrected chi connectivity index (χ2v) is 1.51. The van der Waals surface area contributed by atoms with Gasteiger partial charge in [0.2, 0.25) is 0 Å². The summed E-state index contributed by atoms with van der Waals surface area (Å²) in [6.45, 7) is -0.414. The van der Waals surface area contributed by atoms with Gasteiger partial charge in [-0.2, -0.15) is 0 Å². The molecule has 0 aliphatic heterocycles. The summed E-state index contributed by atoms with van der Waals surface area (Å²) in [7, 11) is 0. The predicted molar refractivity (Wildman–Crippen MR) is 31.5 cm³/mol. The Morgan fingerprint density at radius 3 is 2.44 bits per heavy atom. The van der Waals surface area contributed by atoms with Crippen LogP contribution in [0.2, 0.25) is 0 Å². The molecule has 0 aliphatic carbocycles. The molecule has 1 atom stereocenters. The summed E-state index contributed by atoms with van der Waals surface area (Å²) in [5.74, 6) is -1.94. The molecule has 4 nitrogen and oxygen atoms in total. The number of rotatable bonds is 3. The first-order valence-electron chi connectivity index (χ1n) is 2.44. The molecule has 0 amide bonds. The van der Waals surface area contributed by atoms with E-state index in [9.17, 15) is 4.79 Å². The molecule has 0 aromatic heterocycles. The Kier molecular flexibility index (Phi) is 3.46. The number of nitrogens with two attached hydrogens (primary N) is 1. The Labute approximate surface area is 52.6 Å². The zero-order chi connectivity index (χ0) is 7.28. The van der Waals surface area contributed by atoms with Crippen LogP contribution in [0.5, 0.6) is 0 Å². The minimum Gasteiger partial charge on any atom is -0.481 e. The maximum absolute atomic E-state index is 10.1. The number of carboxylic acids is 1. The number of carbonyl (C=O) groups is 1. The van der Waals surface area contributed by atoms with Gasteiger partial charge in [0.05, 0.1) is 12.5 Å². The Bertz CT molecular complexity index is 121. The van der Waals surface area contributed by atoms with Crippen LogP contribution in [-0.2, 0) is 4.79 Å². The highest BCUT2D eigenvalue weighted by molar-refractivity contribution is 5.72. The highest BCUT2D eigenvalue weighted by Crippen LogP contribution is 1.94. The van der Waals surface area contributed by atoms with Crippen LogP contribution >= 0.6 is 0 Å². The molecular weight excluding hydrogens is 122 g/mol. The molecule has 0 spiro atoms. The van der Waals surface area contributed by atoms with E-state index >= 15 is 0 Å². The molecule has 0 aliphatic rings. The van der Waals surface area contributed by atoms with E-state index in [1.54, 1.807) is 0 Å². The van der Waals surface area contributed by atoms with E-state index in [0.29, 0.717) is 0 Å². The number of carboxylic acid groups (broad SMARTS) is 1. The molecular formula is C5H9NO3. The summed E-state index contributed by atoms with van der Waals surface area (Å²) in [4.78, 5) is 10.1. The van der Waals surface area contributed by atoms with Crippen LogP contribution in [0.15, 0.2) is 12.3 Å². The molecule has 0 fully saturated rings. The first-order valence-corrected chi connectivity index (χ1v) is 2.44. The predicted octanol–water partition coefficient (Wildman–Crippen LogP) is -0.848. The van der Waals surface area contributed by atoms with Gasteiger partial charge in [0.25, 0.3) is 0 Å². The van der Waals surface area contributed by atoms with E-state index in [4.69, 9.17) is 15.9 Å². The zero-order valence-corrected chi connectivity index (χ0v) is 4.82. The number of aliphatic hydroxyl groups excluding tert-OH is 1. The van der Waals surface area contributed by atoms with Crippen molar-refractivity contribution >= 4 is 5.97 Å². The van der Waals surface area contributed by atoms with Crippen molar-refractivity contribution in [2.24, 2.45) is 11.7 Å². The Morgan fingerprint density at radius 2 is 2.33 bits per heavy atom. The van der Waals surface area contributed by atoms with Gasteiger partial charge in [-0.3, -0.25) is 4.79 Å². The van der Waals surface area contributed by atoms with Gasteiger partial charge in [-0.05, 0) is 6.20 Å². The Morgan fingerprint density at radius 1 is 1.78 bits per heavy atom. The summed E-state index contributed by atoms with van der Waals surface area (Å²) >= 11 is 0. The monoisotopic (exact) mass is 131 g/mol. The largest absolute Gasteiger partial charge is 0.481 e. The van der Waals surface area contributed by atoms with Crippen molar-refractivity contribution in [3.63, 3.8) is 0 Å². The van der Waals surface area contributed by atoms with E-state index in [-0.39, 0.29) is 0 Å². The van der Waals surface area contributed by atoms with Crippen LogP contribution in [0, 0.1) is 5.92 Å². The minimum absolute atomic E-state index is 0.414. The van der Waals surface area contributed by atoms with Crippen molar-refractivity contribution in [3.05, 3.63) is 12.3 Å². The van der Waals surface area contributed by atoms with Crippen LogP contribution in [-0.4, -0.2) is 22.8 Å². The van der Waals surface area contributed by atoms with Crippen LogP contribution in [0.25, 0.3) is 0 Å². The van der Waals surface area contributed by atoms with E-state index in [0.717, 1.165) is 6.20 Å². The van der Waals surface area contributed by atoms with Gasteiger partial charge in [-0.25, -0.2) is 0 Å². The Balaban J connectivity index is 3.83. The maximum Gasteiger partial charge on any atom is 0.312 e. The normalized spacial score (nSPS) is 13.9. The summed E-state index contributed by atoms with van der Waals surface area (Å²) in [6.07, 6.45) is 2.33. The van der Waals surface area contributed by atoms with Crippen molar-refractivity contribution in [2.75, 3.05) is 6.61 Å².